The molecule has 2 amide bonds. The number of carbonyl (C=O) groups excluding carboxylic acids is 2. The molecule has 5 nitrogen and oxygen atoms in total. The van der Waals surface area contributed by atoms with Gasteiger partial charge >= 0.3 is 0 Å². The number of benzene rings is 1. The first-order chi connectivity index (χ1) is 13.3. The largest absolute Gasteiger partial charge is 0.354 e. The van der Waals surface area contributed by atoms with Crippen LogP contribution in [0.3, 0.4) is 0 Å². The number of hydrogen-bond donors (Lipinski definition) is 3. The molecule has 1 aliphatic rings. The van der Waals surface area contributed by atoms with Crippen molar-refractivity contribution in [3.05, 3.63) is 35.9 Å². The van der Waals surface area contributed by atoms with Crippen molar-refractivity contribution in [2.24, 2.45) is 29.4 Å². The number of rotatable bonds is 8. The lowest BCUT2D eigenvalue weighted by Crippen LogP contribution is -2.51. The van der Waals surface area contributed by atoms with Crippen molar-refractivity contribution >= 4 is 11.8 Å². The number of nitrogens with two attached hydrogens (primary N) is 1. The van der Waals surface area contributed by atoms with Crippen molar-refractivity contribution < 1.29 is 9.59 Å². The normalized spacial score (nSPS) is 24.4. The van der Waals surface area contributed by atoms with Crippen LogP contribution in [0.4, 0.5) is 0 Å². The second-order valence-corrected chi connectivity index (χ2v) is 8.86. The van der Waals surface area contributed by atoms with Gasteiger partial charge in [-0.15, -0.1) is 0 Å². The van der Waals surface area contributed by atoms with Gasteiger partial charge in [0, 0.05) is 12.5 Å². The third-order valence-electron chi connectivity index (χ3n) is 5.97. The topological polar surface area (TPSA) is 84.2 Å². The van der Waals surface area contributed by atoms with Crippen LogP contribution in [0, 0.1) is 23.7 Å². The lowest BCUT2D eigenvalue weighted by atomic mass is 9.70. The van der Waals surface area contributed by atoms with E-state index < -0.39 is 6.04 Å². The monoisotopic (exact) mass is 387 g/mol. The van der Waals surface area contributed by atoms with E-state index in [4.69, 9.17) is 5.73 Å². The highest BCUT2D eigenvalue weighted by Crippen LogP contribution is 2.38. The molecule has 28 heavy (non-hydrogen) atoms. The van der Waals surface area contributed by atoms with E-state index in [0.29, 0.717) is 30.7 Å². The van der Waals surface area contributed by atoms with Gasteiger partial charge in [-0.25, -0.2) is 0 Å². The average Bonchev–Trinajstić information content (AvgIpc) is 2.66. The fourth-order valence-corrected chi connectivity index (χ4v) is 4.26. The Morgan fingerprint density at radius 1 is 1.14 bits per heavy atom. The van der Waals surface area contributed by atoms with Crippen molar-refractivity contribution in [1.82, 2.24) is 10.6 Å². The number of carbonyl (C=O) groups is 2. The average molecular weight is 388 g/mol. The maximum Gasteiger partial charge on any atom is 0.236 e. The maximum absolute atomic E-state index is 13.0. The molecule has 2 rings (SSSR count). The summed E-state index contributed by atoms with van der Waals surface area (Å²) in [6.07, 6.45) is 3.93. The molecular formula is C23H37N3O2. The molecule has 5 atom stereocenters. The summed E-state index contributed by atoms with van der Waals surface area (Å²) in [6.45, 7) is 8.74. The maximum atomic E-state index is 13.0. The van der Waals surface area contributed by atoms with E-state index in [1.165, 1.54) is 6.42 Å². The molecule has 1 aromatic carbocycles. The smallest absolute Gasteiger partial charge is 0.236 e. The lowest BCUT2D eigenvalue weighted by Gasteiger charge is -2.36. The zero-order chi connectivity index (χ0) is 20.7. The van der Waals surface area contributed by atoms with Crippen molar-refractivity contribution in [1.29, 1.82) is 0 Å². The summed E-state index contributed by atoms with van der Waals surface area (Å²) < 4.78 is 0. The van der Waals surface area contributed by atoms with Crippen molar-refractivity contribution in [2.45, 2.75) is 65.5 Å². The van der Waals surface area contributed by atoms with E-state index in [2.05, 4.69) is 31.4 Å². The fraction of sp³-hybridized carbons (Fsp3) is 0.652. The third-order valence-corrected chi connectivity index (χ3v) is 5.97. The molecule has 4 N–H and O–H groups in total. The van der Waals surface area contributed by atoms with Gasteiger partial charge in [0.05, 0.1) is 12.1 Å². The van der Waals surface area contributed by atoms with Crippen LogP contribution < -0.4 is 16.4 Å². The Morgan fingerprint density at radius 3 is 2.43 bits per heavy atom. The lowest BCUT2D eigenvalue weighted by molar-refractivity contribution is -0.130. The molecule has 1 aliphatic carbocycles. The van der Waals surface area contributed by atoms with Gasteiger partial charge in [-0.3, -0.25) is 9.59 Å². The van der Waals surface area contributed by atoms with Crippen molar-refractivity contribution in [3.8, 4) is 0 Å². The van der Waals surface area contributed by atoms with Gasteiger partial charge < -0.3 is 16.4 Å². The summed E-state index contributed by atoms with van der Waals surface area (Å²) in [5.41, 5.74) is 6.84. The molecule has 0 heterocycles. The molecule has 1 fully saturated rings. The highest BCUT2D eigenvalue weighted by molar-refractivity contribution is 5.82. The van der Waals surface area contributed by atoms with Crippen LogP contribution in [-0.2, 0) is 16.0 Å². The Morgan fingerprint density at radius 2 is 1.82 bits per heavy atom. The Bertz CT molecular complexity index is 630. The molecule has 5 heteroatoms. The Labute approximate surface area is 169 Å². The van der Waals surface area contributed by atoms with E-state index >= 15 is 0 Å². The Hall–Kier alpha value is -1.88. The van der Waals surface area contributed by atoms with Crippen LogP contribution >= 0.6 is 0 Å². The molecule has 0 spiro atoms. The Kier molecular flexibility index (Phi) is 8.49. The van der Waals surface area contributed by atoms with Crippen LogP contribution in [0.2, 0.25) is 0 Å². The third kappa shape index (κ3) is 6.62. The van der Waals surface area contributed by atoms with Gasteiger partial charge in [-0.2, -0.15) is 0 Å². The summed E-state index contributed by atoms with van der Waals surface area (Å²) >= 11 is 0. The van der Waals surface area contributed by atoms with E-state index in [1.54, 1.807) is 6.92 Å². The van der Waals surface area contributed by atoms with Gasteiger partial charge in [0.25, 0.3) is 0 Å². The van der Waals surface area contributed by atoms with Crippen molar-refractivity contribution in [2.75, 3.05) is 6.54 Å². The summed E-state index contributed by atoms with van der Waals surface area (Å²) in [5.74, 6) is 1.51. The van der Waals surface area contributed by atoms with E-state index in [1.807, 2.05) is 30.3 Å². The Balaban J connectivity index is 2.01. The number of amides is 2. The van der Waals surface area contributed by atoms with Crippen LogP contribution in [0.1, 0.15) is 52.5 Å². The molecule has 1 saturated carbocycles. The molecule has 0 aliphatic heterocycles. The first-order valence-electron chi connectivity index (χ1n) is 10.7. The predicted molar refractivity (Wildman–Crippen MR) is 114 cm³/mol. The fourth-order valence-electron chi connectivity index (χ4n) is 4.26. The minimum absolute atomic E-state index is 0.0604. The molecule has 0 radical (unpaired) electrons. The van der Waals surface area contributed by atoms with E-state index in [9.17, 15) is 9.59 Å². The highest BCUT2D eigenvalue weighted by Gasteiger charge is 2.35. The summed E-state index contributed by atoms with van der Waals surface area (Å²) in [6, 6.07) is 9.25. The molecule has 0 aromatic heterocycles. The minimum Gasteiger partial charge on any atom is -0.354 e. The van der Waals surface area contributed by atoms with Crippen LogP contribution in [-0.4, -0.2) is 30.4 Å². The summed E-state index contributed by atoms with van der Waals surface area (Å²) in [7, 11) is 0. The summed E-state index contributed by atoms with van der Waals surface area (Å²) in [4.78, 5) is 25.1. The van der Waals surface area contributed by atoms with Gasteiger partial charge in [0.15, 0.2) is 0 Å². The number of nitrogens with one attached hydrogen (secondary N) is 2. The molecule has 156 valence electrons. The van der Waals surface area contributed by atoms with Gasteiger partial charge in [-0.05, 0) is 49.5 Å². The van der Waals surface area contributed by atoms with Gasteiger partial charge in [0.1, 0.15) is 0 Å². The molecule has 1 aromatic rings. The van der Waals surface area contributed by atoms with E-state index in [-0.39, 0.29) is 23.8 Å². The SMILES string of the molecule is CC(C)[C@@H]1CC[C@@H](C)C[C@H]1C(=O)NC[C@H](Cc1ccccc1)NC(=O)[C@@H](C)N. The first kappa shape index (κ1) is 22.4. The van der Waals surface area contributed by atoms with Crippen LogP contribution in [0.15, 0.2) is 30.3 Å². The van der Waals surface area contributed by atoms with Gasteiger partial charge in [-0.1, -0.05) is 57.5 Å². The minimum atomic E-state index is -0.571. The molecule has 0 saturated heterocycles. The summed E-state index contributed by atoms with van der Waals surface area (Å²) in [5, 5.41) is 6.12. The standard InChI is InChI=1S/C23H37N3O2/c1-15(2)20-11-10-16(3)12-21(20)23(28)25-14-19(26-22(27)17(4)24)13-18-8-6-5-7-9-18/h5-9,15-17,19-21H,10-14,24H2,1-4H3,(H,25,28)(H,26,27)/t16-,17-,19+,20+,21-/m1/s1. The van der Waals surface area contributed by atoms with Gasteiger partial charge in [0.2, 0.25) is 11.8 Å². The second-order valence-electron chi connectivity index (χ2n) is 8.86. The highest BCUT2D eigenvalue weighted by atomic mass is 16.2. The zero-order valence-corrected chi connectivity index (χ0v) is 17.8. The zero-order valence-electron chi connectivity index (χ0n) is 17.8. The predicted octanol–water partition coefficient (Wildman–Crippen LogP) is 2.89. The van der Waals surface area contributed by atoms with Crippen molar-refractivity contribution in [3.63, 3.8) is 0 Å². The molecule has 0 bridgehead atoms. The second kappa shape index (κ2) is 10.6. The van der Waals surface area contributed by atoms with E-state index in [0.717, 1.165) is 18.4 Å². The van der Waals surface area contributed by atoms with Crippen LogP contribution in [0.25, 0.3) is 0 Å². The number of hydrogen-bond acceptors (Lipinski definition) is 3. The molecule has 0 unspecified atom stereocenters. The first-order valence-corrected chi connectivity index (χ1v) is 10.7. The molecular weight excluding hydrogens is 350 g/mol. The van der Waals surface area contributed by atoms with Crippen LogP contribution in [0.5, 0.6) is 0 Å². The quantitative estimate of drug-likeness (QED) is 0.641.